The molecule has 2 aliphatic rings. The highest BCUT2D eigenvalue weighted by atomic mass is 16.2. The number of piperidine rings is 1. The van der Waals surface area contributed by atoms with Crippen LogP contribution in [-0.2, 0) is 11.3 Å². The summed E-state index contributed by atoms with van der Waals surface area (Å²) in [6, 6.07) is 6.43. The lowest BCUT2D eigenvalue weighted by Crippen LogP contribution is -2.47. The highest BCUT2D eigenvalue weighted by molar-refractivity contribution is 5.83. The van der Waals surface area contributed by atoms with Gasteiger partial charge in [0, 0.05) is 30.6 Å². The number of amides is 1. The molecule has 1 aliphatic carbocycles. The molecule has 1 saturated carbocycles. The fourth-order valence-electron chi connectivity index (χ4n) is 4.18. The number of carbonyl (C=O) groups excluding carboxylic acids is 1. The van der Waals surface area contributed by atoms with Crippen LogP contribution in [0.15, 0.2) is 30.6 Å². The number of likely N-dealkylation sites (tertiary alicyclic amines) is 1. The first-order chi connectivity index (χ1) is 12.1. The van der Waals surface area contributed by atoms with Gasteiger partial charge in [-0.2, -0.15) is 5.10 Å². The third kappa shape index (κ3) is 3.32. The highest BCUT2D eigenvalue weighted by Crippen LogP contribution is 2.48. The van der Waals surface area contributed by atoms with E-state index in [0.717, 1.165) is 38.0 Å². The van der Waals surface area contributed by atoms with Gasteiger partial charge in [0.15, 0.2) is 0 Å². The van der Waals surface area contributed by atoms with Crippen LogP contribution in [0.5, 0.6) is 0 Å². The number of hydrogen-bond acceptors (Lipinski definition) is 3. The summed E-state index contributed by atoms with van der Waals surface area (Å²) in [4.78, 5) is 19.4. The Labute approximate surface area is 149 Å². The standard InChI is InChI=1S/C20H26N4O/c1-14-10-15(2)24(22-14)13-17-7-3-4-9-23(17)20(25)19-11-18(19)16-6-5-8-21-12-16/h5-6,8,10,12,17-19H,3-4,7,9,11,13H2,1-2H3/t17-,18+,19+/m0/s1. The molecule has 0 aromatic carbocycles. The Kier molecular flexibility index (Phi) is 4.32. The number of rotatable bonds is 4. The van der Waals surface area contributed by atoms with Gasteiger partial charge < -0.3 is 4.90 Å². The van der Waals surface area contributed by atoms with E-state index in [1.54, 1.807) is 6.20 Å². The smallest absolute Gasteiger partial charge is 0.226 e. The maximum atomic E-state index is 13.1. The zero-order valence-electron chi connectivity index (χ0n) is 15.1. The van der Waals surface area contributed by atoms with Crippen molar-refractivity contribution in [2.75, 3.05) is 6.54 Å². The second kappa shape index (κ2) is 6.62. The monoisotopic (exact) mass is 338 g/mol. The average molecular weight is 338 g/mol. The minimum atomic E-state index is 0.144. The van der Waals surface area contributed by atoms with Crippen LogP contribution in [0.4, 0.5) is 0 Å². The quantitative estimate of drug-likeness (QED) is 0.861. The third-order valence-corrected chi connectivity index (χ3v) is 5.62. The van der Waals surface area contributed by atoms with Gasteiger partial charge in [-0.1, -0.05) is 6.07 Å². The molecule has 0 bridgehead atoms. The summed E-state index contributed by atoms with van der Waals surface area (Å²) in [5, 5.41) is 4.59. The molecule has 0 spiro atoms. The summed E-state index contributed by atoms with van der Waals surface area (Å²) in [5.41, 5.74) is 3.42. The van der Waals surface area contributed by atoms with Crippen LogP contribution in [0.2, 0.25) is 0 Å². The minimum Gasteiger partial charge on any atom is -0.338 e. The zero-order valence-corrected chi connectivity index (χ0v) is 15.1. The molecule has 0 N–H and O–H groups in total. The molecule has 1 amide bonds. The maximum absolute atomic E-state index is 13.1. The molecule has 3 atom stereocenters. The van der Waals surface area contributed by atoms with Gasteiger partial charge in [-0.25, -0.2) is 0 Å². The zero-order chi connectivity index (χ0) is 17.4. The number of aromatic nitrogens is 3. The molecule has 4 rings (SSSR count). The van der Waals surface area contributed by atoms with E-state index in [0.29, 0.717) is 11.8 Å². The van der Waals surface area contributed by atoms with Crippen molar-refractivity contribution < 1.29 is 4.79 Å². The first-order valence-corrected chi connectivity index (χ1v) is 9.35. The van der Waals surface area contributed by atoms with Crippen molar-refractivity contribution in [1.82, 2.24) is 19.7 Å². The molecule has 0 unspecified atom stereocenters. The number of carbonyl (C=O) groups is 1. The lowest BCUT2D eigenvalue weighted by molar-refractivity contribution is -0.136. The van der Waals surface area contributed by atoms with Gasteiger partial charge in [-0.3, -0.25) is 14.5 Å². The van der Waals surface area contributed by atoms with Crippen molar-refractivity contribution in [3.05, 3.63) is 47.5 Å². The summed E-state index contributed by atoms with van der Waals surface area (Å²) in [6.45, 7) is 5.82. The van der Waals surface area contributed by atoms with Crippen LogP contribution in [0.3, 0.4) is 0 Å². The summed E-state index contributed by atoms with van der Waals surface area (Å²) in [5.74, 6) is 0.836. The Bertz CT molecular complexity index is 754. The molecule has 5 nitrogen and oxygen atoms in total. The van der Waals surface area contributed by atoms with E-state index in [2.05, 4.69) is 38.7 Å². The summed E-state index contributed by atoms with van der Waals surface area (Å²) >= 11 is 0. The first-order valence-electron chi connectivity index (χ1n) is 9.35. The van der Waals surface area contributed by atoms with Crippen LogP contribution in [0.25, 0.3) is 0 Å². The predicted molar refractivity (Wildman–Crippen MR) is 96.1 cm³/mol. The molecule has 3 heterocycles. The molecule has 132 valence electrons. The van der Waals surface area contributed by atoms with Crippen molar-refractivity contribution in [3.8, 4) is 0 Å². The molecule has 25 heavy (non-hydrogen) atoms. The van der Waals surface area contributed by atoms with Crippen molar-refractivity contribution in [3.63, 3.8) is 0 Å². The van der Waals surface area contributed by atoms with E-state index in [4.69, 9.17) is 0 Å². The number of aryl methyl sites for hydroxylation is 2. The van der Waals surface area contributed by atoms with Gasteiger partial charge in [0.2, 0.25) is 5.91 Å². The van der Waals surface area contributed by atoms with Gasteiger partial charge in [0.25, 0.3) is 0 Å². The Balaban J connectivity index is 1.46. The first kappa shape index (κ1) is 16.3. The van der Waals surface area contributed by atoms with Crippen molar-refractivity contribution in [1.29, 1.82) is 0 Å². The van der Waals surface area contributed by atoms with Crippen LogP contribution in [0.1, 0.15) is 48.6 Å². The summed E-state index contributed by atoms with van der Waals surface area (Å²) < 4.78 is 2.07. The average Bonchev–Trinajstić information content (AvgIpc) is 3.36. The highest BCUT2D eigenvalue weighted by Gasteiger charge is 2.47. The van der Waals surface area contributed by atoms with Crippen LogP contribution in [0, 0.1) is 19.8 Å². The maximum Gasteiger partial charge on any atom is 0.226 e. The summed E-state index contributed by atoms with van der Waals surface area (Å²) in [7, 11) is 0. The van der Waals surface area contributed by atoms with Gasteiger partial charge >= 0.3 is 0 Å². The largest absolute Gasteiger partial charge is 0.338 e. The number of nitrogens with zero attached hydrogens (tertiary/aromatic N) is 4. The number of hydrogen-bond donors (Lipinski definition) is 0. The van der Waals surface area contributed by atoms with Gasteiger partial charge in [-0.15, -0.1) is 0 Å². The Morgan fingerprint density at radius 3 is 2.92 bits per heavy atom. The fourth-order valence-corrected chi connectivity index (χ4v) is 4.18. The van der Waals surface area contributed by atoms with Crippen molar-refractivity contribution in [2.24, 2.45) is 5.92 Å². The molecule has 1 aliphatic heterocycles. The van der Waals surface area contributed by atoms with E-state index < -0.39 is 0 Å². The van der Waals surface area contributed by atoms with Crippen molar-refractivity contribution >= 4 is 5.91 Å². The van der Waals surface area contributed by atoms with E-state index in [9.17, 15) is 4.79 Å². The van der Waals surface area contributed by atoms with Crippen LogP contribution in [-0.4, -0.2) is 38.2 Å². The Morgan fingerprint density at radius 1 is 1.32 bits per heavy atom. The summed E-state index contributed by atoms with van der Waals surface area (Å²) in [6.07, 6.45) is 8.05. The van der Waals surface area contributed by atoms with Crippen LogP contribution < -0.4 is 0 Å². The van der Waals surface area contributed by atoms with Crippen molar-refractivity contribution in [2.45, 2.75) is 58.0 Å². The second-order valence-corrected chi connectivity index (χ2v) is 7.53. The van der Waals surface area contributed by atoms with Crippen LogP contribution >= 0.6 is 0 Å². The normalized spacial score (nSPS) is 25.8. The molecular weight excluding hydrogens is 312 g/mol. The third-order valence-electron chi connectivity index (χ3n) is 5.62. The van der Waals surface area contributed by atoms with Gasteiger partial charge in [-0.05, 0) is 63.1 Å². The van der Waals surface area contributed by atoms with E-state index in [1.807, 2.05) is 19.2 Å². The molecule has 1 saturated heterocycles. The van der Waals surface area contributed by atoms with E-state index >= 15 is 0 Å². The SMILES string of the molecule is Cc1cc(C)n(C[C@@H]2CCCCN2C(=O)[C@@H]2C[C@@H]2c2cccnc2)n1. The van der Waals surface area contributed by atoms with E-state index in [-0.39, 0.29) is 12.0 Å². The van der Waals surface area contributed by atoms with Gasteiger partial charge in [0.05, 0.1) is 18.3 Å². The predicted octanol–water partition coefficient (Wildman–Crippen LogP) is 3.08. The number of pyridine rings is 1. The van der Waals surface area contributed by atoms with E-state index in [1.165, 1.54) is 17.7 Å². The lowest BCUT2D eigenvalue weighted by Gasteiger charge is -2.36. The van der Waals surface area contributed by atoms with Gasteiger partial charge in [0.1, 0.15) is 0 Å². The Hall–Kier alpha value is -2.17. The topological polar surface area (TPSA) is 51.0 Å². The fraction of sp³-hybridized carbons (Fsp3) is 0.550. The minimum absolute atomic E-state index is 0.144. The molecule has 2 fully saturated rings. The molecule has 5 heteroatoms. The Morgan fingerprint density at radius 2 is 2.20 bits per heavy atom. The molecule has 2 aromatic heterocycles. The lowest BCUT2D eigenvalue weighted by atomic mass is 10.0. The molecule has 2 aromatic rings. The second-order valence-electron chi connectivity index (χ2n) is 7.53. The molecule has 0 radical (unpaired) electrons. The molecular formula is C20H26N4O.